The number of likely N-dealkylation sites (N-methyl/N-ethyl adjacent to an activating group) is 1. The number of anilines is 1. The summed E-state index contributed by atoms with van der Waals surface area (Å²) in [5.74, 6) is -3.61. The van der Waals surface area contributed by atoms with Crippen molar-refractivity contribution in [1.29, 1.82) is 0 Å². The van der Waals surface area contributed by atoms with E-state index in [0.29, 0.717) is 25.0 Å². The smallest absolute Gasteiger partial charge is 0.328 e. The molecule has 3 N–H and O–H groups in total. The van der Waals surface area contributed by atoms with E-state index in [0.717, 1.165) is 17.3 Å². The SMILES string of the molecule is CCOC(=O)[C@@H](Nc1ccc(CNC(=O)[C@@H]2SCCN2C(=O)CC(Cc2cc(F)c(F)cc2F)NC)cc1)C(C)C. The molecule has 2 aromatic rings. The Morgan fingerprint density at radius 1 is 1.07 bits per heavy atom. The highest BCUT2D eigenvalue weighted by molar-refractivity contribution is 8.00. The summed E-state index contributed by atoms with van der Waals surface area (Å²) in [4.78, 5) is 39.8. The highest BCUT2D eigenvalue weighted by Crippen LogP contribution is 2.26. The highest BCUT2D eigenvalue weighted by Gasteiger charge is 2.35. The molecule has 0 radical (unpaired) electrons. The molecule has 2 amide bonds. The van der Waals surface area contributed by atoms with Gasteiger partial charge in [0.15, 0.2) is 17.0 Å². The maximum absolute atomic E-state index is 14.1. The van der Waals surface area contributed by atoms with Crippen LogP contribution in [0.1, 0.15) is 38.3 Å². The van der Waals surface area contributed by atoms with Gasteiger partial charge in [-0.05, 0) is 55.6 Å². The number of carbonyl (C=O) groups excluding carboxylic acids is 3. The standard InChI is InChI=1S/C29H37F3N4O4S/c1-5-40-29(39)26(17(2)3)35-20-8-6-18(7-9-20)16-34-27(38)28-36(10-11-41-28)25(37)14-21(33-4)12-19-13-23(31)24(32)15-22(19)30/h6-9,13,15,17,21,26,28,33,35H,5,10-12,14,16H2,1-4H3,(H,34,38)/t21?,26-,28-/m0/s1. The molecule has 0 aromatic heterocycles. The number of halogens is 3. The topological polar surface area (TPSA) is 99.8 Å². The Labute approximate surface area is 242 Å². The molecule has 0 spiro atoms. The fraction of sp³-hybridized carbons (Fsp3) is 0.483. The van der Waals surface area contributed by atoms with Crippen molar-refractivity contribution in [2.75, 3.05) is 31.3 Å². The third-order valence-electron chi connectivity index (χ3n) is 6.77. The number of amides is 2. The van der Waals surface area contributed by atoms with Gasteiger partial charge in [-0.15, -0.1) is 11.8 Å². The van der Waals surface area contributed by atoms with Crippen molar-refractivity contribution >= 4 is 35.2 Å². The summed E-state index contributed by atoms with van der Waals surface area (Å²) >= 11 is 1.35. The second kappa shape index (κ2) is 15.1. The van der Waals surface area contributed by atoms with E-state index in [-0.39, 0.29) is 48.7 Å². The largest absolute Gasteiger partial charge is 0.464 e. The summed E-state index contributed by atoms with van der Waals surface area (Å²) in [5.41, 5.74) is 1.55. The van der Waals surface area contributed by atoms with Gasteiger partial charge in [0.25, 0.3) is 5.91 Å². The van der Waals surface area contributed by atoms with E-state index in [1.54, 1.807) is 14.0 Å². The van der Waals surface area contributed by atoms with Crippen molar-refractivity contribution < 1.29 is 32.3 Å². The van der Waals surface area contributed by atoms with Crippen molar-refractivity contribution in [2.45, 2.75) is 57.6 Å². The van der Waals surface area contributed by atoms with E-state index in [9.17, 15) is 27.6 Å². The Balaban J connectivity index is 1.55. The molecular formula is C29H37F3N4O4S. The summed E-state index contributed by atoms with van der Waals surface area (Å²) < 4.78 is 46.1. The first-order valence-corrected chi connectivity index (χ1v) is 14.6. The Kier molecular flexibility index (Phi) is 11.9. The molecule has 2 aromatic carbocycles. The summed E-state index contributed by atoms with van der Waals surface area (Å²) in [6.45, 7) is 6.56. The van der Waals surface area contributed by atoms with Gasteiger partial charge in [0.1, 0.15) is 11.9 Å². The van der Waals surface area contributed by atoms with Gasteiger partial charge in [-0.1, -0.05) is 26.0 Å². The number of rotatable bonds is 13. The van der Waals surface area contributed by atoms with E-state index in [2.05, 4.69) is 16.0 Å². The summed E-state index contributed by atoms with van der Waals surface area (Å²) in [6, 6.07) is 7.59. The number of nitrogens with one attached hydrogen (secondary N) is 3. The fourth-order valence-corrected chi connectivity index (χ4v) is 5.60. The van der Waals surface area contributed by atoms with Crippen LogP contribution in [0.2, 0.25) is 0 Å². The molecular weight excluding hydrogens is 557 g/mol. The Morgan fingerprint density at radius 3 is 2.39 bits per heavy atom. The number of hydrogen-bond acceptors (Lipinski definition) is 7. The van der Waals surface area contributed by atoms with E-state index in [1.165, 1.54) is 16.7 Å². The molecule has 0 saturated carbocycles. The number of benzene rings is 2. The van der Waals surface area contributed by atoms with Crippen LogP contribution in [-0.4, -0.2) is 66.1 Å². The lowest BCUT2D eigenvalue weighted by Crippen LogP contribution is -2.46. The van der Waals surface area contributed by atoms with E-state index in [4.69, 9.17) is 4.74 Å². The summed E-state index contributed by atoms with van der Waals surface area (Å²) in [7, 11) is 1.60. The molecule has 1 aliphatic rings. The molecule has 12 heteroatoms. The number of thioether (sulfide) groups is 1. The minimum atomic E-state index is -1.27. The molecule has 3 atom stereocenters. The van der Waals surface area contributed by atoms with Crippen LogP contribution in [0, 0.1) is 23.4 Å². The van der Waals surface area contributed by atoms with Crippen molar-refractivity contribution in [1.82, 2.24) is 15.5 Å². The fourth-order valence-electron chi connectivity index (χ4n) is 4.44. The molecule has 0 aliphatic carbocycles. The number of hydrogen-bond donors (Lipinski definition) is 3. The van der Waals surface area contributed by atoms with E-state index in [1.807, 2.05) is 38.1 Å². The van der Waals surface area contributed by atoms with Gasteiger partial charge < -0.3 is 25.6 Å². The van der Waals surface area contributed by atoms with E-state index < -0.39 is 34.9 Å². The lowest BCUT2D eigenvalue weighted by molar-refractivity contribution is -0.145. The predicted molar refractivity (Wildman–Crippen MR) is 153 cm³/mol. The first kappa shape index (κ1) is 32.3. The zero-order valence-corrected chi connectivity index (χ0v) is 24.5. The quantitative estimate of drug-likeness (QED) is 0.239. The molecule has 1 saturated heterocycles. The average molecular weight is 595 g/mol. The predicted octanol–water partition coefficient (Wildman–Crippen LogP) is 3.84. The third-order valence-corrected chi connectivity index (χ3v) is 7.97. The summed E-state index contributed by atoms with van der Waals surface area (Å²) in [5, 5.41) is 8.28. The minimum Gasteiger partial charge on any atom is -0.464 e. The molecule has 1 aliphatic heterocycles. The maximum Gasteiger partial charge on any atom is 0.328 e. The van der Waals surface area contributed by atoms with Crippen LogP contribution in [0.25, 0.3) is 0 Å². The van der Waals surface area contributed by atoms with Crippen molar-refractivity contribution in [3.05, 3.63) is 65.0 Å². The molecule has 1 unspecified atom stereocenters. The first-order valence-electron chi connectivity index (χ1n) is 13.6. The first-order chi connectivity index (χ1) is 19.5. The van der Waals surface area contributed by atoms with Gasteiger partial charge in [-0.3, -0.25) is 9.59 Å². The Morgan fingerprint density at radius 2 is 1.76 bits per heavy atom. The zero-order valence-electron chi connectivity index (χ0n) is 23.6. The van der Waals surface area contributed by atoms with Gasteiger partial charge >= 0.3 is 5.97 Å². The monoisotopic (exact) mass is 594 g/mol. The molecule has 3 rings (SSSR count). The molecule has 224 valence electrons. The van der Waals surface area contributed by atoms with Gasteiger partial charge in [0.05, 0.1) is 6.61 Å². The second-order valence-electron chi connectivity index (χ2n) is 10.1. The maximum atomic E-state index is 14.1. The van der Waals surface area contributed by atoms with Crippen LogP contribution in [0.15, 0.2) is 36.4 Å². The van der Waals surface area contributed by atoms with Gasteiger partial charge in [0, 0.05) is 43.1 Å². The van der Waals surface area contributed by atoms with Crippen LogP contribution in [0.3, 0.4) is 0 Å². The normalized spacial score (nSPS) is 16.4. The Bertz CT molecular complexity index is 1220. The van der Waals surface area contributed by atoms with Crippen LogP contribution >= 0.6 is 11.8 Å². The molecule has 41 heavy (non-hydrogen) atoms. The second-order valence-corrected chi connectivity index (χ2v) is 11.3. The lowest BCUT2D eigenvalue weighted by Gasteiger charge is -2.25. The van der Waals surface area contributed by atoms with Gasteiger partial charge in [-0.2, -0.15) is 0 Å². The number of carbonyl (C=O) groups is 3. The lowest BCUT2D eigenvalue weighted by atomic mass is 10.0. The van der Waals surface area contributed by atoms with Crippen LogP contribution in [-0.2, 0) is 32.1 Å². The number of ether oxygens (including phenoxy) is 1. The van der Waals surface area contributed by atoms with Crippen LogP contribution in [0.4, 0.5) is 18.9 Å². The average Bonchev–Trinajstić information content (AvgIpc) is 3.44. The van der Waals surface area contributed by atoms with E-state index >= 15 is 0 Å². The summed E-state index contributed by atoms with van der Waals surface area (Å²) in [6.07, 6.45) is -0.0669. The van der Waals surface area contributed by atoms with Crippen LogP contribution < -0.4 is 16.0 Å². The van der Waals surface area contributed by atoms with Gasteiger partial charge in [-0.25, -0.2) is 18.0 Å². The van der Waals surface area contributed by atoms with Crippen LogP contribution in [0.5, 0.6) is 0 Å². The molecule has 1 heterocycles. The highest BCUT2D eigenvalue weighted by atomic mass is 32.2. The van der Waals surface area contributed by atoms with Crippen molar-refractivity contribution in [3.8, 4) is 0 Å². The Hall–Kier alpha value is -3.25. The van der Waals surface area contributed by atoms with Gasteiger partial charge in [0.2, 0.25) is 5.91 Å². The third kappa shape index (κ3) is 8.87. The van der Waals surface area contributed by atoms with Crippen molar-refractivity contribution in [3.63, 3.8) is 0 Å². The minimum absolute atomic E-state index is 0.0221. The molecule has 0 bridgehead atoms. The number of esters is 1. The number of nitrogens with zero attached hydrogens (tertiary/aromatic N) is 1. The zero-order chi connectivity index (χ0) is 30.1. The molecule has 8 nitrogen and oxygen atoms in total. The van der Waals surface area contributed by atoms with Crippen molar-refractivity contribution in [2.24, 2.45) is 5.92 Å². The molecule has 1 fully saturated rings.